The Hall–Kier alpha value is -2.08. The molecule has 0 saturated carbocycles. The van der Waals surface area contributed by atoms with Gasteiger partial charge in [-0.05, 0) is 12.1 Å². The number of anilines is 1. The molecule has 0 saturated heterocycles. The molecule has 2 aromatic heterocycles. The Morgan fingerprint density at radius 2 is 2.11 bits per heavy atom. The van der Waals surface area contributed by atoms with Gasteiger partial charge in [-0.2, -0.15) is 4.52 Å². The number of H-pyrrole nitrogens is 1. The van der Waals surface area contributed by atoms with Gasteiger partial charge in [0.25, 0.3) is 5.56 Å². The SMILES string of the molecule is Nc1cc2nc(-c3cccc(Br)c3)cc(=O)n2[nH]1. The van der Waals surface area contributed by atoms with E-state index in [0.717, 1.165) is 10.0 Å². The fourth-order valence-corrected chi connectivity index (χ4v) is 2.20. The minimum atomic E-state index is -0.188. The molecule has 1 aromatic carbocycles. The third-order valence-corrected chi connectivity index (χ3v) is 3.08. The van der Waals surface area contributed by atoms with Gasteiger partial charge in [0.1, 0.15) is 5.82 Å². The Morgan fingerprint density at radius 1 is 1.28 bits per heavy atom. The standard InChI is InChI=1S/C12H9BrN4O/c13-8-3-1-2-7(4-8)9-5-12(18)17-11(15-9)6-10(14)16-17/h1-6,16H,14H2. The van der Waals surface area contributed by atoms with Gasteiger partial charge in [-0.1, -0.05) is 28.1 Å². The van der Waals surface area contributed by atoms with Crippen LogP contribution in [0.2, 0.25) is 0 Å². The summed E-state index contributed by atoms with van der Waals surface area (Å²) in [5.74, 6) is 0.408. The molecule has 3 N–H and O–H groups in total. The number of hydrogen-bond donors (Lipinski definition) is 2. The van der Waals surface area contributed by atoms with Crippen LogP contribution in [0, 0.1) is 0 Å². The highest BCUT2D eigenvalue weighted by Crippen LogP contribution is 2.20. The van der Waals surface area contributed by atoms with Crippen LogP contribution in [0.4, 0.5) is 5.82 Å². The van der Waals surface area contributed by atoms with E-state index < -0.39 is 0 Å². The molecular formula is C12H9BrN4O. The molecular weight excluding hydrogens is 296 g/mol. The maximum absolute atomic E-state index is 11.9. The first-order valence-corrected chi connectivity index (χ1v) is 6.07. The Balaban J connectivity index is 2.27. The Kier molecular flexibility index (Phi) is 2.45. The molecule has 0 spiro atoms. The number of nitrogen functional groups attached to an aromatic ring is 1. The van der Waals surface area contributed by atoms with Gasteiger partial charge < -0.3 is 5.73 Å². The number of nitrogens with one attached hydrogen (secondary N) is 1. The number of aromatic nitrogens is 3. The molecule has 0 aliphatic carbocycles. The molecule has 6 heteroatoms. The molecule has 90 valence electrons. The number of nitrogens with zero attached hydrogens (tertiary/aromatic N) is 2. The molecule has 18 heavy (non-hydrogen) atoms. The number of rotatable bonds is 1. The van der Waals surface area contributed by atoms with Crippen molar-refractivity contribution >= 4 is 27.4 Å². The minimum Gasteiger partial charge on any atom is -0.384 e. The lowest BCUT2D eigenvalue weighted by Crippen LogP contribution is -2.14. The summed E-state index contributed by atoms with van der Waals surface area (Å²) < 4.78 is 2.26. The van der Waals surface area contributed by atoms with Crippen LogP contribution >= 0.6 is 15.9 Å². The topological polar surface area (TPSA) is 76.2 Å². The highest BCUT2D eigenvalue weighted by molar-refractivity contribution is 9.10. The highest BCUT2D eigenvalue weighted by atomic mass is 79.9. The molecule has 0 radical (unpaired) electrons. The van der Waals surface area contributed by atoms with E-state index in [-0.39, 0.29) is 5.56 Å². The van der Waals surface area contributed by atoms with Crippen LogP contribution in [0.5, 0.6) is 0 Å². The van der Waals surface area contributed by atoms with Crippen molar-refractivity contribution in [2.45, 2.75) is 0 Å². The van der Waals surface area contributed by atoms with Crippen molar-refractivity contribution in [3.05, 3.63) is 51.2 Å². The van der Waals surface area contributed by atoms with Gasteiger partial charge in [-0.15, -0.1) is 0 Å². The summed E-state index contributed by atoms with van der Waals surface area (Å²) in [4.78, 5) is 16.3. The van der Waals surface area contributed by atoms with Crippen molar-refractivity contribution in [3.63, 3.8) is 0 Å². The van der Waals surface area contributed by atoms with Crippen LogP contribution in [0.3, 0.4) is 0 Å². The quantitative estimate of drug-likeness (QED) is 0.722. The van der Waals surface area contributed by atoms with Crippen LogP contribution in [-0.4, -0.2) is 14.6 Å². The van der Waals surface area contributed by atoms with Crippen molar-refractivity contribution in [1.82, 2.24) is 14.6 Å². The maximum atomic E-state index is 11.9. The predicted octanol–water partition coefficient (Wildman–Crippen LogP) is 2.03. The van der Waals surface area contributed by atoms with Crippen molar-refractivity contribution in [2.75, 3.05) is 5.73 Å². The molecule has 0 unspecified atom stereocenters. The smallest absolute Gasteiger partial charge is 0.273 e. The number of hydrogen-bond acceptors (Lipinski definition) is 3. The second-order valence-electron chi connectivity index (χ2n) is 3.90. The fourth-order valence-electron chi connectivity index (χ4n) is 1.81. The van der Waals surface area contributed by atoms with Gasteiger partial charge in [-0.25, -0.2) is 4.98 Å². The largest absolute Gasteiger partial charge is 0.384 e. The molecule has 0 bridgehead atoms. The zero-order valence-corrected chi connectivity index (χ0v) is 10.8. The van der Waals surface area contributed by atoms with Gasteiger partial charge >= 0.3 is 0 Å². The van der Waals surface area contributed by atoms with Crippen LogP contribution in [0.25, 0.3) is 16.9 Å². The average molecular weight is 305 g/mol. The molecule has 0 atom stereocenters. The van der Waals surface area contributed by atoms with E-state index >= 15 is 0 Å². The molecule has 0 fully saturated rings. The third kappa shape index (κ3) is 1.80. The van der Waals surface area contributed by atoms with Crippen molar-refractivity contribution < 1.29 is 0 Å². The number of fused-ring (bicyclic) bond motifs is 1. The Bertz CT molecular complexity index is 790. The van der Waals surface area contributed by atoms with E-state index in [1.807, 2.05) is 24.3 Å². The summed E-state index contributed by atoms with van der Waals surface area (Å²) in [7, 11) is 0. The second kappa shape index (κ2) is 3.99. The summed E-state index contributed by atoms with van der Waals surface area (Å²) in [5, 5.41) is 2.73. The number of nitrogens with two attached hydrogens (primary N) is 1. The zero-order chi connectivity index (χ0) is 12.7. The normalized spacial score (nSPS) is 10.9. The number of aromatic amines is 1. The lowest BCUT2D eigenvalue weighted by molar-refractivity contribution is 0.906. The Morgan fingerprint density at radius 3 is 2.89 bits per heavy atom. The van der Waals surface area contributed by atoms with Gasteiger partial charge in [0.05, 0.1) is 5.69 Å². The first-order chi connectivity index (χ1) is 8.63. The molecule has 3 aromatic rings. The van der Waals surface area contributed by atoms with E-state index in [4.69, 9.17) is 5.73 Å². The summed E-state index contributed by atoms with van der Waals surface area (Å²) in [6, 6.07) is 10.7. The van der Waals surface area contributed by atoms with Crippen LogP contribution < -0.4 is 11.3 Å². The summed E-state index contributed by atoms with van der Waals surface area (Å²) in [6.45, 7) is 0. The zero-order valence-electron chi connectivity index (χ0n) is 9.22. The first kappa shape index (κ1) is 11.0. The van der Waals surface area contributed by atoms with E-state index in [2.05, 4.69) is 26.0 Å². The van der Waals surface area contributed by atoms with Crippen molar-refractivity contribution in [2.24, 2.45) is 0 Å². The van der Waals surface area contributed by atoms with Crippen molar-refractivity contribution in [1.29, 1.82) is 0 Å². The fraction of sp³-hybridized carbons (Fsp3) is 0. The van der Waals surface area contributed by atoms with Gasteiger partial charge in [0.15, 0.2) is 5.65 Å². The van der Waals surface area contributed by atoms with Crippen molar-refractivity contribution in [3.8, 4) is 11.3 Å². The lowest BCUT2D eigenvalue weighted by atomic mass is 10.1. The third-order valence-electron chi connectivity index (χ3n) is 2.59. The average Bonchev–Trinajstić information content (AvgIpc) is 2.70. The summed E-state index contributed by atoms with van der Waals surface area (Å²) in [6.07, 6.45) is 0. The first-order valence-electron chi connectivity index (χ1n) is 5.28. The number of benzene rings is 1. The van der Waals surface area contributed by atoms with E-state index in [9.17, 15) is 4.79 Å². The summed E-state index contributed by atoms with van der Waals surface area (Å²) >= 11 is 3.39. The van der Waals surface area contributed by atoms with Crippen LogP contribution in [0.15, 0.2) is 45.7 Å². The maximum Gasteiger partial charge on any atom is 0.273 e. The van der Waals surface area contributed by atoms with E-state index in [1.54, 1.807) is 6.07 Å². The summed E-state index contributed by atoms with van der Waals surface area (Å²) in [5.41, 5.74) is 7.43. The Labute approximate surface area is 110 Å². The van der Waals surface area contributed by atoms with Crippen LogP contribution in [0.1, 0.15) is 0 Å². The molecule has 0 aliphatic heterocycles. The molecule has 2 heterocycles. The predicted molar refractivity (Wildman–Crippen MR) is 73.4 cm³/mol. The monoisotopic (exact) mass is 304 g/mol. The van der Waals surface area contributed by atoms with Gasteiger partial charge in [-0.3, -0.25) is 9.89 Å². The van der Waals surface area contributed by atoms with Crippen LogP contribution in [-0.2, 0) is 0 Å². The van der Waals surface area contributed by atoms with Gasteiger partial charge in [0, 0.05) is 22.2 Å². The lowest BCUT2D eigenvalue weighted by Gasteiger charge is -2.01. The molecule has 0 amide bonds. The molecule has 0 aliphatic rings. The second-order valence-corrected chi connectivity index (χ2v) is 4.81. The highest BCUT2D eigenvalue weighted by Gasteiger charge is 2.06. The minimum absolute atomic E-state index is 0.188. The van der Waals surface area contributed by atoms with Gasteiger partial charge in [0.2, 0.25) is 0 Å². The molecule has 5 nitrogen and oxygen atoms in total. The number of halogens is 1. The van der Waals surface area contributed by atoms with E-state index in [0.29, 0.717) is 17.2 Å². The molecule has 3 rings (SSSR count). The van der Waals surface area contributed by atoms with E-state index in [1.165, 1.54) is 10.6 Å².